The lowest BCUT2D eigenvalue weighted by molar-refractivity contribution is -0.109. The fourth-order valence-electron chi connectivity index (χ4n) is 2.63. The molecule has 0 saturated carbocycles. The molecule has 5 N–H and O–H groups in total. The van der Waals surface area contributed by atoms with Gasteiger partial charge in [-0.2, -0.15) is 4.98 Å². The largest absolute Gasteiger partial charge is 0.365 e. The summed E-state index contributed by atoms with van der Waals surface area (Å²) in [6, 6.07) is 5.28. The van der Waals surface area contributed by atoms with Gasteiger partial charge in [0, 0.05) is 11.9 Å². The second kappa shape index (κ2) is 7.92. The number of amides is 1. The number of nitrogens with zero attached hydrogens (tertiary/aromatic N) is 3. The first-order valence-electron chi connectivity index (χ1n) is 8.24. The van der Waals surface area contributed by atoms with E-state index in [2.05, 4.69) is 15.3 Å². The lowest BCUT2D eigenvalue weighted by Gasteiger charge is -2.26. The molecule has 1 aromatic heterocycles. The predicted octanol–water partition coefficient (Wildman–Crippen LogP) is 1.84. The number of aryl methyl sites for hydroxylation is 2. The molecule has 2 rings (SSSR count). The van der Waals surface area contributed by atoms with Crippen molar-refractivity contribution in [1.29, 1.82) is 0 Å². The highest BCUT2D eigenvalue weighted by Gasteiger charge is 2.23. The van der Waals surface area contributed by atoms with Crippen molar-refractivity contribution >= 4 is 29.6 Å². The van der Waals surface area contributed by atoms with Gasteiger partial charge in [-0.1, -0.05) is 19.9 Å². The van der Waals surface area contributed by atoms with E-state index >= 15 is 0 Å². The van der Waals surface area contributed by atoms with Gasteiger partial charge in [-0.05, 0) is 43.0 Å². The average molecular weight is 356 g/mol. The fraction of sp³-hybridized carbons (Fsp3) is 0.333. The Balaban J connectivity index is 2.45. The van der Waals surface area contributed by atoms with Gasteiger partial charge >= 0.3 is 0 Å². The summed E-state index contributed by atoms with van der Waals surface area (Å²) in [6.45, 7) is 7.67. The molecule has 0 aliphatic carbocycles. The van der Waals surface area contributed by atoms with Crippen molar-refractivity contribution in [2.24, 2.45) is 17.5 Å². The molecule has 26 heavy (non-hydrogen) atoms. The summed E-state index contributed by atoms with van der Waals surface area (Å²) >= 11 is 0. The van der Waals surface area contributed by atoms with Crippen LogP contribution in [-0.2, 0) is 4.79 Å². The maximum Gasteiger partial charge on any atom is 0.254 e. The molecule has 0 aliphatic rings. The third-order valence-electron chi connectivity index (χ3n) is 3.90. The molecular weight excluding hydrogens is 332 g/mol. The molecule has 8 heteroatoms. The minimum atomic E-state index is -0.664. The number of hydrazine groups is 1. The smallest absolute Gasteiger partial charge is 0.254 e. The number of aldehydes is 1. The molecule has 0 fully saturated rings. The van der Waals surface area contributed by atoms with Crippen LogP contribution < -0.4 is 21.9 Å². The van der Waals surface area contributed by atoms with Crippen molar-refractivity contribution < 1.29 is 9.59 Å². The summed E-state index contributed by atoms with van der Waals surface area (Å²) in [5, 5.41) is 4.28. The van der Waals surface area contributed by atoms with Gasteiger partial charge in [0.25, 0.3) is 5.91 Å². The number of rotatable bonds is 7. The van der Waals surface area contributed by atoms with Crippen molar-refractivity contribution in [2.75, 3.05) is 10.3 Å². The molecule has 0 spiro atoms. The summed E-state index contributed by atoms with van der Waals surface area (Å²) in [4.78, 5) is 31.4. The molecule has 138 valence electrons. The van der Waals surface area contributed by atoms with E-state index in [0.29, 0.717) is 0 Å². The van der Waals surface area contributed by atoms with Crippen molar-refractivity contribution in [3.8, 4) is 0 Å². The lowest BCUT2D eigenvalue weighted by atomic mass is 10.1. The van der Waals surface area contributed by atoms with Crippen molar-refractivity contribution in [3.63, 3.8) is 0 Å². The van der Waals surface area contributed by atoms with Crippen LogP contribution in [0.2, 0.25) is 0 Å². The highest BCUT2D eigenvalue weighted by atomic mass is 16.1. The second-order valence-electron chi connectivity index (χ2n) is 6.58. The van der Waals surface area contributed by atoms with Crippen LogP contribution in [0.4, 0.5) is 17.5 Å². The minimum absolute atomic E-state index is 0.0345. The number of primary amides is 1. The molecule has 1 heterocycles. The highest BCUT2D eigenvalue weighted by molar-refractivity contribution is 5.98. The van der Waals surface area contributed by atoms with Gasteiger partial charge in [-0.3, -0.25) is 9.80 Å². The number of hydrogen-bond acceptors (Lipinski definition) is 7. The Bertz CT molecular complexity index is 801. The minimum Gasteiger partial charge on any atom is -0.365 e. The Hall–Kier alpha value is -3.00. The SMILES string of the molecule is Cc1cc(C)cc(Nc2nc(N(N)C(C=O)C(C)C)ncc2C(N)=O)c1. The van der Waals surface area contributed by atoms with Crippen LogP contribution in [0.3, 0.4) is 0 Å². The van der Waals surface area contributed by atoms with E-state index in [0.717, 1.165) is 23.1 Å². The third kappa shape index (κ3) is 4.34. The van der Waals surface area contributed by atoms with E-state index < -0.39 is 11.9 Å². The third-order valence-corrected chi connectivity index (χ3v) is 3.90. The van der Waals surface area contributed by atoms with Crippen LogP contribution in [0.5, 0.6) is 0 Å². The standard InChI is InChI=1S/C18H24N6O2/c1-10(2)15(9-25)24(20)18-21-8-14(16(19)26)17(23-18)22-13-6-11(3)5-12(4)7-13/h5-10,15H,20H2,1-4H3,(H2,19,26)(H,21,22,23). The van der Waals surface area contributed by atoms with E-state index in [4.69, 9.17) is 11.6 Å². The van der Waals surface area contributed by atoms with E-state index in [1.54, 1.807) is 0 Å². The maximum absolute atomic E-state index is 11.7. The van der Waals surface area contributed by atoms with Crippen LogP contribution >= 0.6 is 0 Å². The van der Waals surface area contributed by atoms with Gasteiger partial charge in [-0.15, -0.1) is 0 Å². The maximum atomic E-state index is 11.7. The van der Waals surface area contributed by atoms with Crippen LogP contribution in [0.1, 0.15) is 35.3 Å². The van der Waals surface area contributed by atoms with Gasteiger partial charge in [0.05, 0.1) is 0 Å². The number of nitrogens with one attached hydrogen (secondary N) is 1. The van der Waals surface area contributed by atoms with E-state index in [1.807, 2.05) is 45.9 Å². The molecule has 1 amide bonds. The molecule has 0 bridgehead atoms. The molecular formula is C18H24N6O2. The van der Waals surface area contributed by atoms with E-state index in [-0.39, 0.29) is 23.2 Å². The van der Waals surface area contributed by atoms with Gasteiger partial charge in [-0.25, -0.2) is 10.8 Å². The van der Waals surface area contributed by atoms with Crippen molar-refractivity contribution in [1.82, 2.24) is 9.97 Å². The fourth-order valence-corrected chi connectivity index (χ4v) is 2.63. The Morgan fingerprint density at radius 1 is 1.23 bits per heavy atom. The quantitative estimate of drug-likeness (QED) is 0.392. The zero-order valence-corrected chi connectivity index (χ0v) is 15.4. The second-order valence-corrected chi connectivity index (χ2v) is 6.58. The van der Waals surface area contributed by atoms with Gasteiger partial charge in [0.2, 0.25) is 5.95 Å². The summed E-state index contributed by atoms with van der Waals surface area (Å²) in [5.41, 5.74) is 8.44. The molecule has 0 saturated heterocycles. The monoisotopic (exact) mass is 356 g/mol. The number of carbonyl (C=O) groups excluding carboxylic acids is 2. The number of anilines is 3. The zero-order chi connectivity index (χ0) is 19.4. The first kappa shape index (κ1) is 19.3. The zero-order valence-electron chi connectivity index (χ0n) is 15.4. The first-order valence-corrected chi connectivity index (χ1v) is 8.24. The van der Waals surface area contributed by atoms with E-state index in [1.165, 1.54) is 11.2 Å². The number of benzene rings is 1. The molecule has 1 aromatic carbocycles. The van der Waals surface area contributed by atoms with Crippen molar-refractivity contribution in [2.45, 2.75) is 33.7 Å². The molecule has 8 nitrogen and oxygen atoms in total. The Kier molecular flexibility index (Phi) is 5.89. The number of aromatic nitrogens is 2. The topological polar surface area (TPSA) is 127 Å². The highest BCUT2D eigenvalue weighted by Crippen LogP contribution is 2.23. The predicted molar refractivity (Wildman–Crippen MR) is 101 cm³/mol. The molecule has 0 aliphatic heterocycles. The summed E-state index contributed by atoms with van der Waals surface area (Å²) < 4.78 is 0. The Morgan fingerprint density at radius 3 is 2.35 bits per heavy atom. The van der Waals surface area contributed by atoms with E-state index in [9.17, 15) is 9.59 Å². The molecule has 2 aromatic rings. The average Bonchev–Trinajstić information content (AvgIpc) is 2.53. The van der Waals surface area contributed by atoms with Gasteiger partial charge in [0.1, 0.15) is 23.7 Å². The number of carbonyl (C=O) groups is 2. The van der Waals surface area contributed by atoms with Crippen LogP contribution in [0.25, 0.3) is 0 Å². The first-order chi connectivity index (χ1) is 12.2. The van der Waals surface area contributed by atoms with Crippen LogP contribution in [0.15, 0.2) is 24.4 Å². The summed E-state index contributed by atoms with van der Waals surface area (Å²) in [5.74, 6) is 5.67. The summed E-state index contributed by atoms with van der Waals surface area (Å²) in [7, 11) is 0. The number of hydrogen-bond donors (Lipinski definition) is 3. The van der Waals surface area contributed by atoms with Gasteiger partial charge < -0.3 is 15.8 Å². The lowest BCUT2D eigenvalue weighted by Crippen LogP contribution is -2.46. The number of nitrogens with two attached hydrogens (primary N) is 2. The van der Waals surface area contributed by atoms with Gasteiger partial charge in [0.15, 0.2) is 0 Å². The molecule has 1 unspecified atom stereocenters. The Labute approximate surface area is 152 Å². The van der Waals surface area contributed by atoms with Crippen LogP contribution in [0, 0.1) is 19.8 Å². The van der Waals surface area contributed by atoms with Crippen LogP contribution in [-0.4, -0.2) is 28.2 Å². The van der Waals surface area contributed by atoms with Crippen molar-refractivity contribution in [3.05, 3.63) is 41.1 Å². The normalized spacial score (nSPS) is 11.9. The molecule has 1 atom stereocenters. The molecule has 0 radical (unpaired) electrons. The summed E-state index contributed by atoms with van der Waals surface area (Å²) in [6.07, 6.45) is 2.05. The Morgan fingerprint density at radius 2 is 1.85 bits per heavy atom.